The van der Waals surface area contributed by atoms with E-state index in [1.54, 1.807) is 19.1 Å². The molecule has 0 atom stereocenters. The average Bonchev–Trinajstić information content (AvgIpc) is 3.10. The smallest absolute Gasteiger partial charge is 0.254 e. The number of nitrogens with zero attached hydrogens (tertiary/aromatic N) is 2. The first-order valence-corrected chi connectivity index (χ1v) is 9.48. The summed E-state index contributed by atoms with van der Waals surface area (Å²) < 4.78 is 34.7. The predicted molar refractivity (Wildman–Crippen MR) is 93.0 cm³/mol. The number of aromatic nitrogens is 2. The predicted octanol–water partition coefficient (Wildman–Crippen LogP) is 3.42. The van der Waals surface area contributed by atoms with Crippen molar-refractivity contribution in [2.75, 3.05) is 5.75 Å². The Balaban J connectivity index is 1.65. The van der Waals surface area contributed by atoms with Gasteiger partial charge in [0.2, 0.25) is 5.89 Å². The molecule has 25 heavy (non-hydrogen) atoms. The Hall–Kier alpha value is -2.67. The monoisotopic (exact) mass is 358 g/mol. The van der Waals surface area contributed by atoms with E-state index in [2.05, 4.69) is 10.2 Å². The lowest BCUT2D eigenvalue weighted by atomic mass is 10.1. The van der Waals surface area contributed by atoms with Gasteiger partial charge in [0.05, 0.1) is 10.6 Å². The molecule has 0 aliphatic rings. The van der Waals surface area contributed by atoms with Crippen molar-refractivity contribution in [3.05, 3.63) is 60.0 Å². The second kappa shape index (κ2) is 7.06. The van der Waals surface area contributed by atoms with Gasteiger partial charge in [-0.1, -0.05) is 24.6 Å². The van der Waals surface area contributed by atoms with Crippen LogP contribution in [0.3, 0.4) is 0 Å². The molecule has 0 saturated heterocycles. The number of rotatable bonds is 6. The Morgan fingerprint density at radius 3 is 2.32 bits per heavy atom. The second-order valence-corrected chi connectivity index (χ2v) is 7.81. The molecule has 0 spiro atoms. The lowest BCUT2D eigenvalue weighted by Gasteiger charge is -2.05. The van der Waals surface area contributed by atoms with Crippen molar-refractivity contribution in [1.29, 1.82) is 0 Å². The van der Waals surface area contributed by atoms with Crippen molar-refractivity contribution in [2.24, 2.45) is 0 Å². The summed E-state index contributed by atoms with van der Waals surface area (Å²) >= 11 is 0. The molecule has 6 nitrogen and oxygen atoms in total. The van der Waals surface area contributed by atoms with E-state index in [-0.39, 0.29) is 17.3 Å². The van der Waals surface area contributed by atoms with Crippen LogP contribution in [0.1, 0.15) is 18.4 Å². The molecule has 0 aliphatic carbocycles. The van der Waals surface area contributed by atoms with E-state index in [1.165, 1.54) is 12.1 Å². The van der Waals surface area contributed by atoms with Crippen molar-refractivity contribution in [1.82, 2.24) is 10.2 Å². The van der Waals surface area contributed by atoms with Gasteiger partial charge in [0, 0.05) is 5.56 Å². The number of benzene rings is 2. The Kier molecular flexibility index (Phi) is 4.85. The fourth-order valence-electron chi connectivity index (χ4n) is 2.18. The summed E-state index contributed by atoms with van der Waals surface area (Å²) in [6, 6.07) is 14.1. The maximum atomic E-state index is 11.8. The summed E-state index contributed by atoms with van der Waals surface area (Å²) in [5.41, 5.74) is 2.00. The zero-order valence-corrected chi connectivity index (χ0v) is 14.8. The highest BCUT2D eigenvalue weighted by Crippen LogP contribution is 2.20. The third kappa shape index (κ3) is 4.06. The summed E-state index contributed by atoms with van der Waals surface area (Å²) in [5.74, 6) is 1.38. The topological polar surface area (TPSA) is 82.3 Å². The van der Waals surface area contributed by atoms with Crippen molar-refractivity contribution in [3.63, 3.8) is 0 Å². The van der Waals surface area contributed by atoms with Crippen LogP contribution in [0, 0.1) is 6.92 Å². The third-order valence-electron chi connectivity index (χ3n) is 3.69. The minimum atomic E-state index is -3.21. The molecule has 3 rings (SSSR count). The summed E-state index contributed by atoms with van der Waals surface area (Å²) in [6.07, 6.45) is 0. The van der Waals surface area contributed by atoms with Gasteiger partial charge in [0.25, 0.3) is 5.89 Å². The molecule has 0 radical (unpaired) electrons. The molecule has 0 amide bonds. The normalized spacial score (nSPS) is 11.4. The molecule has 0 bridgehead atoms. The summed E-state index contributed by atoms with van der Waals surface area (Å²) in [5, 5.41) is 7.97. The molecular weight excluding hydrogens is 340 g/mol. The first-order valence-electron chi connectivity index (χ1n) is 7.83. The number of aryl methyl sites for hydroxylation is 1. The minimum Gasteiger partial charge on any atom is -0.484 e. The van der Waals surface area contributed by atoms with Gasteiger partial charge >= 0.3 is 0 Å². The maximum absolute atomic E-state index is 11.8. The standard InChI is InChI=1S/C18H18N2O4S/c1-3-25(21,22)16-10-8-15(9-11-16)23-12-17-19-20-18(24-17)14-6-4-13(2)5-7-14/h4-11H,3,12H2,1-2H3. The highest BCUT2D eigenvalue weighted by atomic mass is 32.2. The molecule has 2 aromatic carbocycles. The van der Waals surface area contributed by atoms with Crippen molar-refractivity contribution < 1.29 is 17.6 Å². The number of ether oxygens (including phenoxy) is 1. The quantitative estimate of drug-likeness (QED) is 0.671. The largest absolute Gasteiger partial charge is 0.484 e. The number of sulfone groups is 1. The molecule has 0 fully saturated rings. The van der Waals surface area contributed by atoms with Crippen LogP contribution in [0.5, 0.6) is 5.75 Å². The van der Waals surface area contributed by atoms with Crippen LogP contribution in [-0.2, 0) is 16.4 Å². The Morgan fingerprint density at radius 1 is 1.00 bits per heavy atom. The van der Waals surface area contributed by atoms with Gasteiger partial charge in [0.15, 0.2) is 16.4 Å². The van der Waals surface area contributed by atoms with E-state index in [9.17, 15) is 8.42 Å². The van der Waals surface area contributed by atoms with Gasteiger partial charge < -0.3 is 9.15 Å². The zero-order chi connectivity index (χ0) is 17.9. The van der Waals surface area contributed by atoms with Crippen molar-refractivity contribution >= 4 is 9.84 Å². The first kappa shape index (κ1) is 17.2. The van der Waals surface area contributed by atoms with Gasteiger partial charge in [0.1, 0.15) is 5.75 Å². The van der Waals surface area contributed by atoms with Gasteiger partial charge in [-0.15, -0.1) is 10.2 Å². The molecule has 130 valence electrons. The molecule has 0 aliphatic heterocycles. The van der Waals surface area contributed by atoms with E-state index in [0.29, 0.717) is 17.5 Å². The van der Waals surface area contributed by atoms with Crippen LogP contribution >= 0.6 is 0 Å². The second-order valence-electron chi connectivity index (χ2n) is 5.53. The lowest BCUT2D eigenvalue weighted by molar-refractivity contribution is 0.264. The van der Waals surface area contributed by atoms with E-state index in [1.807, 2.05) is 31.2 Å². The van der Waals surface area contributed by atoms with Gasteiger partial charge in [-0.05, 0) is 43.3 Å². The molecule has 1 heterocycles. The Labute approximate surface area is 146 Å². The fraction of sp³-hybridized carbons (Fsp3) is 0.222. The summed E-state index contributed by atoms with van der Waals surface area (Å²) in [6.45, 7) is 3.73. The molecule has 3 aromatic rings. The van der Waals surface area contributed by atoms with Crippen LogP contribution in [0.2, 0.25) is 0 Å². The summed E-state index contributed by atoms with van der Waals surface area (Å²) in [7, 11) is -3.21. The number of hydrogen-bond donors (Lipinski definition) is 0. The van der Waals surface area contributed by atoms with Crippen molar-refractivity contribution in [3.8, 4) is 17.2 Å². The molecular formula is C18H18N2O4S. The molecule has 0 saturated carbocycles. The lowest BCUT2D eigenvalue weighted by Crippen LogP contribution is -2.03. The average molecular weight is 358 g/mol. The summed E-state index contributed by atoms with van der Waals surface area (Å²) in [4.78, 5) is 0.279. The first-order chi connectivity index (χ1) is 12.0. The van der Waals surface area contributed by atoms with Crippen LogP contribution in [0.25, 0.3) is 11.5 Å². The van der Waals surface area contributed by atoms with E-state index in [4.69, 9.17) is 9.15 Å². The highest BCUT2D eigenvalue weighted by Gasteiger charge is 2.12. The molecule has 1 aromatic heterocycles. The van der Waals surface area contributed by atoms with E-state index < -0.39 is 9.84 Å². The van der Waals surface area contributed by atoms with Crippen LogP contribution in [-0.4, -0.2) is 24.4 Å². The zero-order valence-electron chi connectivity index (χ0n) is 14.0. The number of hydrogen-bond acceptors (Lipinski definition) is 6. The Bertz CT molecular complexity index is 946. The minimum absolute atomic E-state index is 0.0664. The van der Waals surface area contributed by atoms with Crippen LogP contribution in [0.4, 0.5) is 0 Å². The van der Waals surface area contributed by atoms with Gasteiger partial charge in [-0.3, -0.25) is 0 Å². The SMILES string of the molecule is CCS(=O)(=O)c1ccc(OCc2nnc(-c3ccc(C)cc3)o2)cc1. The van der Waals surface area contributed by atoms with Gasteiger partial charge in [-0.2, -0.15) is 0 Å². The van der Waals surface area contributed by atoms with E-state index in [0.717, 1.165) is 11.1 Å². The molecule has 7 heteroatoms. The molecule has 0 N–H and O–H groups in total. The maximum Gasteiger partial charge on any atom is 0.254 e. The third-order valence-corrected chi connectivity index (χ3v) is 5.44. The molecule has 0 unspecified atom stereocenters. The van der Waals surface area contributed by atoms with Crippen LogP contribution < -0.4 is 4.74 Å². The van der Waals surface area contributed by atoms with Crippen LogP contribution in [0.15, 0.2) is 57.8 Å². The fourth-order valence-corrected chi connectivity index (χ4v) is 3.06. The van der Waals surface area contributed by atoms with Crippen molar-refractivity contribution in [2.45, 2.75) is 25.3 Å². The highest BCUT2D eigenvalue weighted by molar-refractivity contribution is 7.91. The van der Waals surface area contributed by atoms with E-state index >= 15 is 0 Å². The van der Waals surface area contributed by atoms with Gasteiger partial charge in [-0.25, -0.2) is 8.42 Å². The Morgan fingerprint density at radius 2 is 1.68 bits per heavy atom.